The minimum atomic E-state index is -0.872. The number of carbonyl (C=O) groups is 2. The van der Waals surface area contributed by atoms with E-state index < -0.39 is 23.3 Å². The first kappa shape index (κ1) is 17.7. The first-order valence-corrected chi connectivity index (χ1v) is 7.75. The van der Waals surface area contributed by atoms with Crippen molar-refractivity contribution >= 4 is 18.0 Å². The van der Waals surface area contributed by atoms with Crippen LogP contribution < -0.4 is 11.2 Å². The van der Waals surface area contributed by atoms with Crippen LogP contribution in [0.3, 0.4) is 0 Å². The molecule has 1 atom stereocenters. The fourth-order valence-corrected chi connectivity index (χ4v) is 2.57. The van der Waals surface area contributed by atoms with Gasteiger partial charge < -0.3 is 14.2 Å². The lowest BCUT2D eigenvalue weighted by molar-refractivity contribution is -0.154. The third kappa shape index (κ3) is 3.81. The van der Waals surface area contributed by atoms with Gasteiger partial charge >= 0.3 is 11.7 Å². The molecule has 8 nitrogen and oxygen atoms in total. The molecule has 8 heteroatoms. The Hall–Kier alpha value is -2.64. The van der Waals surface area contributed by atoms with Gasteiger partial charge in [-0.1, -0.05) is 0 Å². The molecule has 1 aromatic rings. The van der Waals surface area contributed by atoms with E-state index in [1.54, 1.807) is 4.90 Å². The van der Waals surface area contributed by atoms with Crippen molar-refractivity contribution in [3.63, 3.8) is 0 Å². The highest BCUT2D eigenvalue weighted by Crippen LogP contribution is 2.10. The second kappa shape index (κ2) is 7.29. The molecule has 0 aromatic carbocycles. The summed E-state index contributed by atoms with van der Waals surface area (Å²) >= 11 is 0. The number of ether oxygens (including phenoxy) is 1. The molecule has 1 aliphatic heterocycles. The highest BCUT2D eigenvalue weighted by Gasteiger charge is 2.25. The Balaban J connectivity index is 2.04. The largest absolute Gasteiger partial charge is 0.449 e. The van der Waals surface area contributed by atoms with E-state index in [2.05, 4.69) is 0 Å². The van der Waals surface area contributed by atoms with Crippen LogP contribution >= 0.6 is 0 Å². The summed E-state index contributed by atoms with van der Waals surface area (Å²) in [6.07, 6.45) is 4.74. The summed E-state index contributed by atoms with van der Waals surface area (Å²) < 4.78 is 7.27. The van der Waals surface area contributed by atoms with Crippen LogP contribution in [0.1, 0.15) is 25.3 Å². The summed E-state index contributed by atoms with van der Waals surface area (Å²) in [7, 11) is 2.87. The van der Waals surface area contributed by atoms with Crippen molar-refractivity contribution < 1.29 is 14.3 Å². The molecule has 2 rings (SSSR count). The number of aromatic nitrogens is 2. The number of esters is 1. The quantitative estimate of drug-likeness (QED) is 0.554. The third-order valence-electron chi connectivity index (χ3n) is 3.93. The van der Waals surface area contributed by atoms with Crippen LogP contribution in [0.25, 0.3) is 6.08 Å². The van der Waals surface area contributed by atoms with E-state index in [4.69, 9.17) is 4.74 Å². The van der Waals surface area contributed by atoms with Crippen molar-refractivity contribution in [3.8, 4) is 0 Å². The molecule has 1 aliphatic rings. The minimum absolute atomic E-state index is 0.176. The number of carbonyl (C=O) groups excluding carboxylic acids is 2. The molecule has 1 fully saturated rings. The van der Waals surface area contributed by atoms with Gasteiger partial charge in [-0.15, -0.1) is 0 Å². The van der Waals surface area contributed by atoms with Crippen molar-refractivity contribution in [2.75, 3.05) is 13.1 Å². The van der Waals surface area contributed by atoms with Gasteiger partial charge in [0, 0.05) is 39.5 Å². The fourth-order valence-electron chi connectivity index (χ4n) is 2.57. The number of amides is 1. The van der Waals surface area contributed by atoms with Crippen LogP contribution in [0.4, 0.5) is 0 Å². The summed E-state index contributed by atoms with van der Waals surface area (Å²) in [5.41, 5.74) is -0.789. The molecule has 1 unspecified atom stereocenters. The Morgan fingerprint density at radius 2 is 1.83 bits per heavy atom. The van der Waals surface area contributed by atoms with E-state index in [-0.39, 0.29) is 11.5 Å². The van der Waals surface area contributed by atoms with Crippen LogP contribution in [-0.2, 0) is 28.4 Å². The van der Waals surface area contributed by atoms with Gasteiger partial charge in [0.25, 0.3) is 11.5 Å². The molecule has 0 bridgehead atoms. The maximum absolute atomic E-state index is 12.1. The van der Waals surface area contributed by atoms with Crippen LogP contribution in [0.2, 0.25) is 0 Å². The van der Waals surface area contributed by atoms with Gasteiger partial charge in [-0.05, 0) is 25.8 Å². The molecule has 1 saturated heterocycles. The van der Waals surface area contributed by atoms with Crippen molar-refractivity contribution in [2.45, 2.75) is 25.9 Å². The topological polar surface area (TPSA) is 90.6 Å². The Kier molecular flexibility index (Phi) is 5.38. The lowest BCUT2D eigenvalue weighted by Crippen LogP contribution is -2.38. The number of likely N-dealkylation sites (tertiary alicyclic amines) is 1. The van der Waals surface area contributed by atoms with Crippen LogP contribution in [-0.4, -0.2) is 45.1 Å². The minimum Gasteiger partial charge on any atom is -0.449 e. The van der Waals surface area contributed by atoms with Crippen molar-refractivity contribution in [2.24, 2.45) is 14.1 Å². The van der Waals surface area contributed by atoms with E-state index in [1.165, 1.54) is 37.9 Å². The number of rotatable bonds is 4. The van der Waals surface area contributed by atoms with E-state index in [0.717, 1.165) is 23.5 Å². The van der Waals surface area contributed by atoms with Crippen molar-refractivity contribution in [1.82, 2.24) is 14.0 Å². The van der Waals surface area contributed by atoms with Gasteiger partial charge in [0.15, 0.2) is 6.10 Å². The fraction of sp³-hybridized carbons (Fsp3) is 0.500. The van der Waals surface area contributed by atoms with Crippen LogP contribution in [0.15, 0.2) is 21.9 Å². The van der Waals surface area contributed by atoms with Crippen molar-refractivity contribution in [1.29, 1.82) is 0 Å². The summed E-state index contributed by atoms with van der Waals surface area (Å²) in [5, 5.41) is 0. The predicted molar refractivity (Wildman–Crippen MR) is 87.3 cm³/mol. The number of aryl methyl sites for hydroxylation is 1. The lowest BCUT2D eigenvalue weighted by Gasteiger charge is -2.19. The third-order valence-corrected chi connectivity index (χ3v) is 3.93. The molecule has 0 N–H and O–H groups in total. The Morgan fingerprint density at radius 3 is 2.46 bits per heavy atom. The SMILES string of the molecule is CC(OC(=O)/C=C/c1cn(C)c(=O)n(C)c1=O)C(=O)N1CCCC1. The summed E-state index contributed by atoms with van der Waals surface area (Å²) in [4.78, 5) is 49.1. The van der Waals surface area contributed by atoms with Gasteiger partial charge in [0.05, 0.1) is 5.56 Å². The van der Waals surface area contributed by atoms with E-state index in [1.807, 2.05) is 0 Å². The Morgan fingerprint density at radius 1 is 1.21 bits per heavy atom. The molecular formula is C16H21N3O5. The molecule has 0 aliphatic carbocycles. The summed E-state index contributed by atoms with van der Waals surface area (Å²) in [5.74, 6) is -0.932. The van der Waals surface area contributed by atoms with Crippen molar-refractivity contribution in [3.05, 3.63) is 38.7 Å². The summed E-state index contributed by atoms with van der Waals surface area (Å²) in [6, 6.07) is 0. The van der Waals surface area contributed by atoms with Gasteiger partial charge in [0.1, 0.15) is 0 Å². The van der Waals surface area contributed by atoms with Gasteiger partial charge in [-0.3, -0.25) is 14.2 Å². The highest BCUT2D eigenvalue weighted by molar-refractivity contribution is 5.90. The van der Waals surface area contributed by atoms with Gasteiger partial charge in [-0.2, -0.15) is 0 Å². The molecule has 2 heterocycles. The Bertz CT molecular complexity index is 784. The molecule has 0 saturated carbocycles. The zero-order valence-electron chi connectivity index (χ0n) is 14.0. The molecule has 24 heavy (non-hydrogen) atoms. The van der Waals surface area contributed by atoms with Crippen LogP contribution in [0.5, 0.6) is 0 Å². The first-order valence-electron chi connectivity index (χ1n) is 7.75. The standard InChI is InChI=1S/C16H21N3O5/c1-11(14(21)19-8-4-5-9-19)24-13(20)7-6-12-10-17(2)16(23)18(3)15(12)22/h6-7,10-11H,4-5,8-9H2,1-3H3/b7-6+. The molecule has 130 valence electrons. The van der Waals surface area contributed by atoms with Gasteiger partial charge in [-0.25, -0.2) is 9.59 Å². The average Bonchev–Trinajstić information content (AvgIpc) is 3.08. The van der Waals surface area contributed by atoms with E-state index in [0.29, 0.717) is 13.1 Å². The zero-order chi connectivity index (χ0) is 17.9. The molecule has 0 spiro atoms. The summed E-state index contributed by atoms with van der Waals surface area (Å²) in [6.45, 7) is 2.90. The molecular weight excluding hydrogens is 314 g/mol. The maximum Gasteiger partial charge on any atom is 0.331 e. The second-order valence-electron chi connectivity index (χ2n) is 5.79. The van der Waals surface area contributed by atoms with Crippen LogP contribution in [0, 0.1) is 0 Å². The van der Waals surface area contributed by atoms with E-state index >= 15 is 0 Å². The molecule has 0 radical (unpaired) electrons. The smallest absolute Gasteiger partial charge is 0.331 e. The highest BCUT2D eigenvalue weighted by atomic mass is 16.5. The predicted octanol–water partition coefficient (Wildman–Crippen LogP) is -0.349. The normalized spacial score (nSPS) is 15.7. The van der Waals surface area contributed by atoms with E-state index in [9.17, 15) is 19.2 Å². The molecule has 1 amide bonds. The molecule has 1 aromatic heterocycles. The number of nitrogens with zero attached hydrogens (tertiary/aromatic N) is 3. The Labute approximate surface area is 138 Å². The monoisotopic (exact) mass is 335 g/mol. The number of hydrogen-bond donors (Lipinski definition) is 0. The lowest BCUT2D eigenvalue weighted by atomic mass is 10.3. The second-order valence-corrected chi connectivity index (χ2v) is 5.79. The average molecular weight is 335 g/mol. The zero-order valence-corrected chi connectivity index (χ0v) is 14.0. The first-order chi connectivity index (χ1) is 11.3. The van der Waals surface area contributed by atoms with Gasteiger partial charge in [0.2, 0.25) is 0 Å². The maximum atomic E-state index is 12.1. The number of hydrogen-bond acceptors (Lipinski definition) is 5.